The van der Waals surface area contributed by atoms with Gasteiger partial charge in [-0.05, 0) is 0 Å². The van der Waals surface area contributed by atoms with Crippen LogP contribution in [0.3, 0.4) is 0 Å². The molecule has 0 nitrogen and oxygen atoms in total. The zero-order valence-electron chi connectivity index (χ0n) is 8.12. The molecule has 1 heteroatoms. The van der Waals surface area contributed by atoms with Crippen LogP contribution in [-0.2, 0) is 29.2 Å². The Morgan fingerprint density at radius 1 is 0.857 bits per heavy atom. The van der Waals surface area contributed by atoms with Gasteiger partial charge in [-0.25, -0.2) is 0 Å². The Bertz CT molecular complexity index is 500. The van der Waals surface area contributed by atoms with Crippen LogP contribution in [0, 0.1) is 6.92 Å². The molecule has 3 rings (SSSR count). The minimum absolute atomic E-state index is 0.655. The molecule has 1 aliphatic rings. The van der Waals surface area contributed by atoms with Crippen LogP contribution in [0.4, 0.5) is 0 Å². The molecule has 1 aliphatic heterocycles. The van der Waals surface area contributed by atoms with Gasteiger partial charge in [-0.15, -0.1) is 0 Å². The second kappa shape index (κ2) is 3.29. The maximum atomic E-state index is 2.32. The van der Waals surface area contributed by atoms with Crippen LogP contribution in [0.1, 0.15) is 5.56 Å². The molecule has 0 atom stereocenters. The molecular formula is C13H10Y. The first kappa shape index (κ1) is 8.82. The Hall–Kier alpha value is -0.456. The molecule has 0 bridgehead atoms. The molecule has 0 saturated heterocycles. The Labute approximate surface area is 99.3 Å². The molecule has 0 aliphatic carbocycles. The molecule has 0 unspecified atom stereocenters. The van der Waals surface area contributed by atoms with Crippen LogP contribution >= 0.6 is 0 Å². The Morgan fingerprint density at radius 3 is 2.57 bits per heavy atom. The number of aryl methyl sites for hydroxylation is 1. The van der Waals surface area contributed by atoms with E-state index >= 15 is 0 Å². The number of hydrogen-bond acceptors (Lipinski definition) is 0. The third kappa shape index (κ3) is 1.21. The molecule has 0 aromatic heterocycles. The van der Waals surface area contributed by atoms with E-state index in [1.807, 2.05) is 0 Å². The van der Waals surface area contributed by atoms with Crippen LogP contribution in [-0.4, -0.2) is 0 Å². The van der Waals surface area contributed by atoms with Gasteiger partial charge in [-0.1, -0.05) is 0 Å². The van der Waals surface area contributed by atoms with Gasteiger partial charge in [0.1, 0.15) is 0 Å². The van der Waals surface area contributed by atoms with E-state index in [-0.39, 0.29) is 0 Å². The molecule has 14 heavy (non-hydrogen) atoms. The van der Waals surface area contributed by atoms with E-state index in [1.165, 1.54) is 11.1 Å². The van der Waals surface area contributed by atoms with E-state index < -0.39 is 29.2 Å². The predicted octanol–water partition coefficient (Wildman–Crippen LogP) is 2.01. The second-order valence-electron chi connectivity index (χ2n) is 3.77. The molecule has 0 fully saturated rings. The molecule has 0 N–H and O–H groups in total. The van der Waals surface area contributed by atoms with Crippen molar-refractivity contribution in [3.63, 3.8) is 0 Å². The van der Waals surface area contributed by atoms with Gasteiger partial charge in [0, 0.05) is 0 Å². The van der Waals surface area contributed by atoms with Gasteiger partial charge in [0.2, 0.25) is 0 Å². The predicted molar refractivity (Wildman–Crippen MR) is 55.9 cm³/mol. The third-order valence-corrected chi connectivity index (χ3v) is 6.80. The molecule has 65 valence electrons. The monoisotopic (exact) mass is 255 g/mol. The first-order valence-corrected chi connectivity index (χ1v) is 7.74. The summed E-state index contributed by atoms with van der Waals surface area (Å²) in [6.45, 7) is 2.23. The summed E-state index contributed by atoms with van der Waals surface area (Å²) in [5, 5.41) is 0. The van der Waals surface area contributed by atoms with Crippen LogP contribution in [0.2, 0.25) is 0 Å². The number of benzene rings is 2. The van der Waals surface area contributed by atoms with Gasteiger partial charge in [0.05, 0.1) is 0 Å². The van der Waals surface area contributed by atoms with Crippen molar-refractivity contribution in [3.8, 4) is 11.1 Å². The van der Waals surface area contributed by atoms with Gasteiger partial charge < -0.3 is 0 Å². The Kier molecular flexibility index (Phi) is 2.07. The van der Waals surface area contributed by atoms with Crippen molar-refractivity contribution in [3.05, 3.63) is 48.0 Å². The van der Waals surface area contributed by atoms with Crippen molar-refractivity contribution >= 4 is 4.75 Å². The van der Waals surface area contributed by atoms with Gasteiger partial charge in [0.25, 0.3) is 0 Å². The molecule has 1 heterocycles. The van der Waals surface area contributed by atoms with Gasteiger partial charge in [-0.2, -0.15) is 0 Å². The normalized spacial score (nSPS) is 11.2. The molecule has 0 saturated carbocycles. The summed E-state index contributed by atoms with van der Waals surface area (Å²) in [5.41, 5.74) is 4.50. The van der Waals surface area contributed by atoms with E-state index in [1.54, 1.807) is 10.3 Å². The summed E-state index contributed by atoms with van der Waals surface area (Å²) in [4.78, 5) is 0. The minimum atomic E-state index is -0.655. The van der Waals surface area contributed by atoms with Gasteiger partial charge in [-0.3, -0.25) is 0 Å². The standard InChI is InChI=1S/C13H10.Y/c1-11-7-5-6-10-13(11)12-8-3-2-4-9-12;/h2-8H,1H3;. The fraction of sp³-hybridized carbons (Fsp3) is 0.0769. The molecule has 0 spiro atoms. The number of fused-ring (bicyclic) bond motifs is 3. The van der Waals surface area contributed by atoms with E-state index in [9.17, 15) is 0 Å². The summed E-state index contributed by atoms with van der Waals surface area (Å²) in [6, 6.07) is 15.7. The van der Waals surface area contributed by atoms with E-state index in [0.717, 1.165) is 0 Å². The summed E-state index contributed by atoms with van der Waals surface area (Å²) in [7, 11) is 0. The quantitative estimate of drug-likeness (QED) is 0.576. The average Bonchev–Trinajstić information content (AvgIpc) is 2.57. The maximum absolute atomic E-state index is 2.32. The van der Waals surface area contributed by atoms with E-state index in [2.05, 4.69) is 49.4 Å². The fourth-order valence-corrected chi connectivity index (χ4v) is 6.31. The number of rotatable bonds is 0. The second-order valence-corrected chi connectivity index (χ2v) is 7.54. The van der Waals surface area contributed by atoms with Crippen molar-refractivity contribution in [2.75, 3.05) is 0 Å². The topological polar surface area (TPSA) is 0 Å². The molecular weight excluding hydrogens is 245 g/mol. The van der Waals surface area contributed by atoms with Crippen molar-refractivity contribution in [1.29, 1.82) is 0 Å². The van der Waals surface area contributed by atoms with Gasteiger partial charge in [0.15, 0.2) is 0 Å². The van der Waals surface area contributed by atoms with Crippen LogP contribution in [0.25, 0.3) is 11.1 Å². The third-order valence-electron chi connectivity index (χ3n) is 2.85. The Morgan fingerprint density at radius 2 is 1.64 bits per heavy atom. The first-order valence-electron chi connectivity index (χ1n) is 4.90. The molecule has 2 aromatic carbocycles. The van der Waals surface area contributed by atoms with Crippen molar-refractivity contribution in [2.24, 2.45) is 0 Å². The van der Waals surface area contributed by atoms with Gasteiger partial charge >= 0.3 is 100 Å². The molecule has 0 radical (unpaired) electrons. The zero-order chi connectivity index (χ0) is 9.54. The first-order chi connectivity index (χ1) is 6.86. The Balaban J connectivity index is 2.35. The van der Waals surface area contributed by atoms with E-state index in [0.29, 0.717) is 0 Å². The summed E-state index contributed by atoms with van der Waals surface area (Å²) < 4.78 is 3.33. The van der Waals surface area contributed by atoms with Crippen molar-refractivity contribution in [2.45, 2.75) is 6.92 Å². The van der Waals surface area contributed by atoms with Crippen LogP contribution < -0.4 is 4.75 Å². The molecule has 0 amide bonds. The zero-order valence-corrected chi connectivity index (χ0v) is 11.0. The van der Waals surface area contributed by atoms with Crippen LogP contribution in [0.5, 0.6) is 0 Å². The fourth-order valence-electron chi connectivity index (χ4n) is 2.20. The average molecular weight is 255 g/mol. The summed E-state index contributed by atoms with van der Waals surface area (Å²) in [6.07, 6.45) is 0. The van der Waals surface area contributed by atoms with Crippen LogP contribution in [0.15, 0.2) is 42.5 Å². The summed E-state index contributed by atoms with van der Waals surface area (Å²) >= 11 is -0.655. The van der Waals surface area contributed by atoms with Crippen molar-refractivity contribution in [1.82, 2.24) is 0 Å². The summed E-state index contributed by atoms with van der Waals surface area (Å²) in [5.74, 6) is 0. The SMILES string of the molecule is Cc1ccc[c]2c1-c1cccc[c]1[Y]2. The number of hydrogen-bond donors (Lipinski definition) is 0. The molecule has 2 aromatic rings. The van der Waals surface area contributed by atoms with Crippen molar-refractivity contribution < 1.29 is 29.2 Å². The van der Waals surface area contributed by atoms with E-state index in [4.69, 9.17) is 0 Å².